The summed E-state index contributed by atoms with van der Waals surface area (Å²) in [5.41, 5.74) is 1.91. The molecule has 3 heterocycles. The molecule has 0 aromatic heterocycles. The van der Waals surface area contributed by atoms with E-state index < -0.39 is 17.4 Å². The third-order valence-corrected chi connectivity index (χ3v) is 9.14. The number of anilines is 2. The first-order valence-electron chi connectivity index (χ1n) is 15.4. The number of amides is 3. The summed E-state index contributed by atoms with van der Waals surface area (Å²) in [4.78, 5) is 56.2. The number of methoxy groups -OCH3 is 1. The number of nitrogens with zero attached hydrogens (tertiary/aromatic N) is 3. The van der Waals surface area contributed by atoms with Crippen molar-refractivity contribution >= 4 is 35.1 Å². The molecule has 0 bridgehead atoms. The van der Waals surface area contributed by atoms with Crippen molar-refractivity contribution in [2.24, 2.45) is 5.92 Å². The number of benzene rings is 2. The Labute approximate surface area is 257 Å². The molecule has 0 spiro atoms. The Hall–Kier alpha value is -4.02. The van der Waals surface area contributed by atoms with Gasteiger partial charge in [0.15, 0.2) is 5.60 Å². The van der Waals surface area contributed by atoms with E-state index in [0.29, 0.717) is 62.3 Å². The topological polar surface area (TPSA) is 128 Å². The molecule has 234 valence electrons. The number of aliphatic hydroxyl groups is 2. The summed E-state index contributed by atoms with van der Waals surface area (Å²) in [5, 5.41) is 22.1. The van der Waals surface area contributed by atoms with E-state index in [2.05, 4.69) is 0 Å². The van der Waals surface area contributed by atoms with Gasteiger partial charge in [-0.05, 0) is 55.0 Å². The smallest absolute Gasteiger partial charge is 0.305 e. The average Bonchev–Trinajstić information content (AvgIpc) is 3.56. The molecule has 1 saturated heterocycles. The van der Waals surface area contributed by atoms with Gasteiger partial charge in [0.25, 0.3) is 5.91 Å². The van der Waals surface area contributed by atoms with Crippen LogP contribution in [-0.2, 0) is 42.5 Å². The summed E-state index contributed by atoms with van der Waals surface area (Å²) in [6, 6.07) is 12.9. The van der Waals surface area contributed by atoms with Crippen LogP contribution >= 0.6 is 0 Å². The molecule has 2 aromatic carbocycles. The Morgan fingerprint density at radius 3 is 2.61 bits per heavy atom. The van der Waals surface area contributed by atoms with E-state index in [1.54, 1.807) is 52.0 Å². The predicted molar refractivity (Wildman–Crippen MR) is 165 cm³/mol. The summed E-state index contributed by atoms with van der Waals surface area (Å²) >= 11 is 0. The lowest BCUT2D eigenvalue weighted by atomic mass is 9.82. The lowest BCUT2D eigenvalue weighted by molar-refractivity contribution is -0.140. The maximum Gasteiger partial charge on any atom is 0.305 e. The Bertz CT molecular complexity index is 1460. The molecule has 0 saturated carbocycles. The number of carbonyl (C=O) groups is 4. The Morgan fingerprint density at radius 2 is 1.91 bits per heavy atom. The molecule has 0 aliphatic carbocycles. The number of ether oxygens (including phenoxy) is 1. The van der Waals surface area contributed by atoms with E-state index in [1.807, 2.05) is 24.3 Å². The Balaban J connectivity index is 1.35. The number of fused-ring (bicyclic) bond motifs is 2. The standard InChI is InChI=1S/C34H41N3O7/c1-23(9-7-12-31(40)37-21-25-11-4-3-10-24(25)19-27(37)22-38)34(43)28-20-26(35-18-8-13-30(35)39)15-16-29(28)36(33(34)42)17-6-5-14-32(41)44-2/h3-4,7,9-11,15-16,20,23,27,38,43H,5-6,8,12-14,17-19,21-22H2,1-2H3/b9-7+/t23-,27+,34+/m1/s1. The molecule has 5 rings (SSSR count). The van der Waals surface area contributed by atoms with Crippen LogP contribution < -0.4 is 9.80 Å². The number of esters is 1. The van der Waals surface area contributed by atoms with Gasteiger partial charge in [-0.15, -0.1) is 0 Å². The second-order valence-corrected chi connectivity index (χ2v) is 11.9. The molecular formula is C34H41N3O7. The monoisotopic (exact) mass is 603 g/mol. The SMILES string of the molecule is COC(=O)CCCCN1C(=O)[C@](O)([C@H](C)/C=C/CC(=O)N2Cc3ccccc3C[C@H]2CO)c2cc(N3CCCC3=O)ccc21. The van der Waals surface area contributed by atoms with E-state index in [1.165, 1.54) is 7.11 Å². The molecule has 3 aliphatic heterocycles. The molecule has 0 radical (unpaired) electrons. The first-order valence-corrected chi connectivity index (χ1v) is 15.4. The van der Waals surface area contributed by atoms with Gasteiger partial charge in [0, 0.05) is 56.1 Å². The van der Waals surface area contributed by atoms with E-state index in [0.717, 1.165) is 17.5 Å². The van der Waals surface area contributed by atoms with Gasteiger partial charge < -0.3 is 29.6 Å². The zero-order chi connectivity index (χ0) is 31.4. The third kappa shape index (κ3) is 6.01. The fraction of sp³-hybridized carbons (Fsp3) is 0.471. The normalized spacial score (nSPS) is 22.0. The molecule has 3 amide bonds. The van der Waals surface area contributed by atoms with E-state index in [4.69, 9.17) is 4.74 Å². The first kappa shape index (κ1) is 31.4. The highest BCUT2D eigenvalue weighted by Gasteiger charge is 2.52. The highest BCUT2D eigenvalue weighted by Crippen LogP contribution is 2.47. The summed E-state index contributed by atoms with van der Waals surface area (Å²) in [5.74, 6) is -1.63. The van der Waals surface area contributed by atoms with Crippen LogP contribution in [0, 0.1) is 5.92 Å². The second-order valence-electron chi connectivity index (χ2n) is 11.9. The maximum absolute atomic E-state index is 13.9. The van der Waals surface area contributed by atoms with Crippen molar-refractivity contribution in [3.05, 3.63) is 71.3 Å². The molecule has 2 N–H and O–H groups in total. The van der Waals surface area contributed by atoms with Crippen LogP contribution in [0.5, 0.6) is 0 Å². The van der Waals surface area contributed by atoms with Gasteiger partial charge in [-0.3, -0.25) is 19.2 Å². The zero-order valence-electron chi connectivity index (χ0n) is 25.4. The largest absolute Gasteiger partial charge is 0.469 e. The van der Waals surface area contributed by atoms with Crippen molar-refractivity contribution < 1.29 is 34.1 Å². The third-order valence-electron chi connectivity index (χ3n) is 9.14. The van der Waals surface area contributed by atoms with Gasteiger partial charge >= 0.3 is 5.97 Å². The number of rotatable bonds is 11. The average molecular weight is 604 g/mol. The molecule has 1 fully saturated rings. The van der Waals surface area contributed by atoms with E-state index >= 15 is 0 Å². The van der Waals surface area contributed by atoms with Gasteiger partial charge in [-0.25, -0.2) is 0 Å². The Kier molecular flexibility index (Phi) is 9.51. The highest BCUT2D eigenvalue weighted by atomic mass is 16.5. The van der Waals surface area contributed by atoms with E-state index in [9.17, 15) is 29.4 Å². The van der Waals surface area contributed by atoms with Gasteiger partial charge in [0.05, 0.1) is 25.4 Å². The van der Waals surface area contributed by atoms with Crippen molar-refractivity contribution in [3.63, 3.8) is 0 Å². The van der Waals surface area contributed by atoms with Gasteiger partial charge in [0.2, 0.25) is 11.8 Å². The van der Waals surface area contributed by atoms with Crippen LogP contribution in [0.1, 0.15) is 62.1 Å². The lowest BCUT2D eigenvalue weighted by Gasteiger charge is -2.36. The minimum absolute atomic E-state index is 0.00505. The zero-order valence-corrected chi connectivity index (χ0v) is 25.4. The molecule has 2 aromatic rings. The summed E-state index contributed by atoms with van der Waals surface area (Å²) in [6.07, 6.45) is 6.51. The quantitative estimate of drug-likeness (QED) is 0.229. The first-order chi connectivity index (χ1) is 21.2. The minimum Gasteiger partial charge on any atom is -0.469 e. The van der Waals surface area contributed by atoms with Crippen LogP contribution in [0.2, 0.25) is 0 Å². The molecular weight excluding hydrogens is 562 g/mol. The van der Waals surface area contributed by atoms with Crippen molar-refractivity contribution in [2.75, 3.05) is 36.6 Å². The van der Waals surface area contributed by atoms with Crippen LogP contribution in [0.15, 0.2) is 54.6 Å². The summed E-state index contributed by atoms with van der Waals surface area (Å²) in [6.45, 7) is 2.91. The number of hydrogen-bond acceptors (Lipinski definition) is 7. The van der Waals surface area contributed by atoms with Crippen molar-refractivity contribution in [1.82, 2.24) is 4.90 Å². The van der Waals surface area contributed by atoms with Gasteiger partial charge in [0.1, 0.15) is 0 Å². The van der Waals surface area contributed by atoms with Crippen LogP contribution in [-0.4, -0.2) is 71.7 Å². The fourth-order valence-corrected chi connectivity index (χ4v) is 6.56. The van der Waals surface area contributed by atoms with Crippen molar-refractivity contribution in [2.45, 2.75) is 70.1 Å². The number of carbonyl (C=O) groups excluding carboxylic acids is 4. The number of aliphatic hydroxyl groups excluding tert-OH is 1. The molecule has 44 heavy (non-hydrogen) atoms. The van der Waals surface area contributed by atoms with E-state index in [-0.39, 0.29) is 43.3 Å². The van der Waals surface area contributed by atoms with Crippen molar-refractivity contribution in [3.8, 4) is 0 Å². The lowest BCUT2D eigenvalue weighted by Crippen LogP contribution is -2.46. The minimum atomic E-state index is -1.91. The van der Waals surface area contributed by atoms with Gasteiger partial charge in [-0.2, -0.15) is 0 Å². The van der Waals surface area contributed by atoms with Crippen LogP contribution in [0.4, 0.5) is 11.4 Å². The van der Waals surface area contributed by atoms with Gasteiger partial charge in [-0.1, -0.05) is 43.3 Å². The molecule has 10 nitrogen and oxygen atoms in total. The predicted octanol–water partition coefficient (Wildman–Crippen LogP) is 3.22. The van der Waals surface area contributed by atoms with Crippen LogP contribution in [0.25, 0.3) is 0 Å². The second kappa shape index (κ2) is 13.3. The summed E-state index contributed by atoms with van der Waals surface area (Å²) < 4.78 is 4.72. The fourth-order valence-electron chi connectivity index (χ4n) is 6.56. The summed E-state index contributed by atoms with van der Waals surface area (Å²) in [7, 11) is 1.34. The molecule has 3 atom stereocenters. The number of hydrogen-bond donors (Lipinski definition) is 2. The molecule has 3 aliphatic rings. The van der Waals surface area contributed by atoms with Crippen molar-refractivity contribution in [1.29, 1.82) is 0 Å². The molecule has 0 unspecified atom stereocenters. The molecule has 10 heteroatoms. The Morgan fingerprint density at radius 1 is 1.14 bits per heavy atom. The maximum atomic E-state index is 13.9. The number of unbranched alkanes of at least 4 members (excludes halogenated alkanes) is 1. The van der Waals surface area contributed by atoms with Crippen LogP contribution in [0.3, 0.4) is 0 Å². The highest BCUT2D eigenvalue weighted by molar-refractivity contribution is 6.08.